The zero-order valence-corrected chi connectivity index (χ0v) is 12.9. The van der Waals surface area contributed by atoms with Crippen molar-refractivity contribution >= 4 is 23.6 Å². The van der Waals surface area contributed by atoms with E-state index in [1.807, 2.05) is 39.0 Å². The molecule has 0 saturated heterocycles. The molecular weight excluding hydrogens is 274 g/mol. The normalized spacial score (nSPS) is 11.9. The van der Waals surface area contributed by atoms with E-state index in [-0.39, 0.29) is 11.7 Å². The fraction of sp³-hybridized carbons (Fsp3) is 0.467. The van der Waals surface area contributed by atoms with Gasteiger partial charge in [-0.3, -0.25) is 4.79 Å². The molecule has 0 aliphatic carbocycles. The van der Waals surface area contributed by atoms with Crippen LogP contribution >= 0.6 is 11.8 Å². The molecule has 1 aromatic rings. The minimum Gasteiger partial charge on any atom is -0.480 e. The zero-order chi connectivity index (χ0) is 15.1. The van der Waals surface area contributed by atoms with E-state index in [0.717, 1.165) is 22.4 Å². The van der Waals surface area contributed by atoms with Gasteiger partial charge in [-0.2, -0.15) is 0 Å². The molecule has 0 radical (unpaired) electrons. The summed E-state index contributed by atoms with van der Waals surface area (Å²) in [6.07, 6.45) is 1.18. The lowest BCUT2D eigenvalue weighted by atomic mass is 10.2. The maximum Gasteiger partial charge on any atom is 0.326 e. The molecule has 5 heteroatoms. The summed E-state index contributed by atoms with van der Waals surface area (Å²) >= 11 is 1.44. The second-order valence-electron chi connectivity index (χ2n) is 4.80. The Balaban J connectivity index is 2.54. The van der Waals surface area contributed by atoms with Crippen LogP contribution < -0.4 is 5.32 Å². The lowest BCUT2D eigenvalue weighted by Crippen LogP contribution is -2.41. The number of carboxylic acids is 1. The SMILES string of the molecule is CCCC(NC(=O)CSc1cc(C)ccc1C)C(=O)O. The van der Waals surface area contributed by atoms with E-state index in [9.17, 15) is 9.59 Å². The van der Waals surface area contributed by atoms with Gasteiger partial charge in [0.05, 0.1) is 5.75 Å². The Morgan fingerprint density at radius 2 is 2.05 bits per heavy atom. The molecule has 0 bridgehead atoms. The van der Waals surface area contributed by atoms with Gasteiger partial charge in [-0.1, -0.05) is 31.0 Å². The van der Waals surface area contributed by atoms with Crippen molar-refractivity contribution in [3.05, 3.63) is 29.3 Å². The van der Waals surface area contributed by atoms with Crippen LogP contribution in [-0.2, 0) is 9.59 Å². The molecule has 0 saturated carbocycles. The molecule has 2 N–H and O–H groups in total. The maximum atomic E-state index is 11.8. The molecule has 1 unspecified atom stereocenters. The highest BCUT2D eigenvalue weighted by Crippen LogP contribution is 2.23. The molecule has 0 spiro atoms. The molecule has 0 heterocycles. The number of nitrogens with one attached hydrogen (secondary N) is 1. The average molecular weight is 295 g/mol. The minimum atomic E-state index is -0.975. The molecule has 1 rings (SSSR count). The molecule has 1 aromatic carbocycles. The molecule has 4 nitrogen and oxygen atoms in total. The largest absolute Gasteiger partial charge is 0.480 e. The van der Waals surface area contributed by atoms with Crippen molar-refractivity contribution in [1.29, 1.82) is 0 Å². The third kappa shape index (κ3) is 5.25. The standard InChI is InChI=1S/C15H21NO3S/c1-4-5-12(15(18)19)16-14(17)9-20-13-8-10(2)6-7-11(13)3/h6-8,12H,4-5,9H2,1-3H3,(H,16,17)(H,18,19). The molecule has 1 atom stereocenters. The quantitative estimate of drug-likeness (QED) is 0.759. The summed E-state index contributed by atoms with van der Waals surface area (Å²) in [7, 11) is 0. The first-order chi connectivity index (χ1) is 9.43. The van der Waals surface area contributed by atoms with Gasteiger partial charge in [0.1, 0.15) is 6.04 Å². The summed E-state index contributed by atoms with van der Waals surface area (Å²) in [4.78, 5) is 23.8. The number of hydrogen-bond acceptors (Lipinski definition) is 3. The van der Waals surface area contributed by atoms with E-state index in [0.29, 0.717) is 6.42 Å². The Kier molecular flexibility index (Phi) is 6.58. The van der Waals surface area contributed by atoms with E-state index in [1.165, 1.54) is 11.8 Å². The van der Waals surface area contributed by atoms with Gasteiger partial charge in [-0.25, -0.2) is 4.79 Å². The van der Waals surface area contributed by atoms with E-state index in [2.05, 4.69) is 5.32 Å². The van der Waals surface area contributed by atoms with E-state index in [1.54, 1.807) is 0 Å². The van der Waals surface area contributed by atoms with E-state index < -0.39 is 12.0 Å². The first-order valence-corrected chi connectivity index (χ1v) is 7.64. The van der Waals surface area contributed by atoms with Crippen molar-refractivity contribution in [2.24, 2.45) is 0 Å². The molecule has 110 valence electrons. The van der Waals surface area contributed by atoms with Gasteiger partial charge < -0.3 is 10.4 Å². The van der Waals surface area contributed by atoms with Crippen molar-refractivity contribution < 1.29 is 14.7 Å². The number of benzene rings is 1. The number of carbonyl (C=O) groups excluding carboxylic acids is 1. The van der Waals surface area contributed by atoms with Gasteiger partial charge in [-0.15, -0.1) is 11.8 Å². The Morgan fingerprint density at radius 3 is 2.65 bits per heavy atom. The van der Waals surface area contributed by atoms with Crippen LogP contribution in [-0.4, -0.2) is 28.8 Å². The van der Waals surface area contributed by atoms with E-state index >= 15 is 0 Å². The number of hydrogen-bond donors (Lipinski definition) is 2. The highest BCUT2D eigenvalue weighted by atomic mass is 32.2. The lowest BCUT2D eigenvalue weighted by molar-refractivity contribution is -0.141. The van der Waals surface area contributed by atoms with Crippen molar-refractivity contribution in [2.75, 3.05) is 5.75 Å². The predicted molar refractivity (Wildman–Crippen MR) is 81.1 cm³/mol. The second-order valence-corrected chi connectivity index (χ2v) is 5.82. The Morgan fingerprint density at radius 1 is 1.35 bits per heavy atom. The van der Waals surface area contributed by atoms with Gasteiger partial charge in [0.2, 0.25) is 5.91 Å². The maximum absolute atomic E-state index is 11.8. The van der Waals surface area contributed by atoms with Crippen LogP contribution in [0.4, 0.5) is 0 Å². The fourth-order valence-electron chi connectivity index (χ4n) is 1.79. The van der Waals surface area contributed by atoms with Crippen molar-refractivity contribution in [3.8, 4) is 0 Å². The van der Waals surface area contributed by atoms with Gasteiger partial charge in [-0.05, 0) is 31.9 Å². The monoisotopic (exact) mass is 295 g/mol. The number of thioether (sulfide) groups is 1. The van der Waals surface area contributed by atoms with Crippen LogP contribution in [0.3, 0.4) is 0 Å². The predicted octanol–water partition coefficient (Wildman–Crippen LogP) is 2.77. The third-order valence-electron chi connectivity index (χ3n) is 2.91. The zero-order valence-electron chi connectivity index (χ0n) is 12.1. The number of aryl methyl sites for hydroxylation is 2. The Labute approximate surface area is 124 Å². The van der Waals surface area contributed by atoms with Gasteiger partial charge in [0.15, 0.2) is 0 Å². The van der Waals surface area contributed by atoms with Crippen LogP contribution in [0.5, 0.6) is 0 Å². The first-order valence-electron chi connectivity index (χ1n) is 6.66. The van der Waals surface area contributed by atoms with Crippen LogP contribution in [0.1, 0.15) is 30.9 Å². The third-order valence-corrected chi connectivity index (χ3v) is 4.07. The average Bonchev–Trinajstić information content (AvgIpc) is 2.39. The summed E-state index contributed by atoms with van der Waals surface area (Å²) in [6, 6.07) is 5.30. The molecule has 0 aliphatic rings. The molecule has 20 heavy (non-hydrogen) atoms. The van der Waals surface area contributed by atoms with E-state index in [4.69, 9.17) is 5.11 Å². The molecule has 1 amide bonds. The minimum absolute atomic E-state index is 0.234. The molecule has 0 aliphatic heterocycles. The summed E-state index contributed by atoms with van der Waals surface area (Å²) in [5.74, 6) is -0.980. The fourth-order valence-corrected chi connectivity index (χ4v) is 2.72. The summed E-state index contributed by atoms with van der Waals surface area (Å²) in [5.41, 5.74) is 2.27. The molecule has 0 aromatic heterocycles. The van der Waals surface area contributed by atoms with Gasteiger partial charge >= 0.3 is 5.97 Å². The smallest absolute Gasteiger partial charge is 0.326 e. The van der Waals surface area contributed by atoms with Gasteiger partial charge in [0, 0.05) is 4.90 Å². The van der Waals surface area contributed by atoms with Crippen LogP contribution in [0.2, 0.25) is 0 Å². The number of amides is 1. The number of rotatable bonds is 7. The summed E-state index contributed by atoms with van der Waals surface area (Å²) in [5, 5.41) is 11.6. The Hall–Kier alpha value is -1.49. The van der Waals surface area contributed by atoms with Crippen LogP contribution in [0.25, 0.3) is 0 Å². The highest BCUT2D eigenvalue weighted by molar-refractivity contribution is 8.00. The van der Waals surface area contributed by atoms with Gasteiger partial charge in [0.25, 0.3) is 0 Å². The molecular formula is C15H21NO3S. The van der Waals surface area contributed by atoms with Crippen LogP contribution in [0.15, 0.2) is 23.1 Å². The Bertz CT molecular complexity index is 488. The van der Waals surface area contributed by atoms with Crippen LogP contribution in [0, 0.1) is 13.8 Å². The number of carbonyl (C=O) groups is 2. The second kappa shape index (κ2) is 7.94. The first kappa shape index (κ1) is 16.6. The number of carboxylic acid groups (broad SMARTS) is 1. The highest BCUT2D eigenvalue weighted by Gasteiger charge is 2.18. The summed E-state index contributed by atoms with van der Waals surface area (Å²) in [6.45, 7) is 5.90. The van der Waals surface area contributed by atoms with Crippen molar-refractivity contribution in [1.82, 2.24) is 5.32 Å². The summed E-state index contributed by atoms with van der Waals surface area (Å²) < 4.78 is 0. The lowest BCUT2D eigenvalue weighted by Gasteiger charge is -2.13. The topological polar surface area (TPSA) is 66.4 Å². The van der Waals surface area contributed by atoms with Crippen molar-refractivity contribution in [2.45, 2.75) is 44.6 Å². The van der Waals surface area contributed by atoms with Crippen molar-refractivity contribution in [3.63, 3.8) is 0 Å². The number of aliphatic carboxylic acids is 1. The molecule has 0 fully saturated rings.